The minimum Gasteiger partial charge on any atom is -0.444 e. The summed E-state index contributed by atoms with van der Waals surface area (Å²) in [4.78, 5) is 34.6. The van der Waals surface area contributed by atoms with Crippen molar-refractivity contribution < 1.29 is 19.1 Å². The second kappa shape index (κ2) is 4.63. The van der Waals surface area contributed by atoms with Gasteiger partial charge in [-0.05, 0) is 33.6 Å². The van der Waals surface area contributed by atoms with Crippen molar-refractivity contribution in [2.75, 3.05) is 0 Å². The molecule has 1 saturated heterocycles. The van der Waals surface area contributed by atoms with Crippen LogP contribution in [0.3, 0.4) is 0 Å². The van der Waals surface area contributed by atoms with Gasteiger partial charge in [0.1, 0.15) is 18.2 Å². The molecule has 16 heavy (non-hydrogen) atoms. The quantitative estimate of drug-likeness (QED) is 0.664. The number of carbonyl (C=O) groups excluding carboxylic acids is 3. The van der Waals surface area contributed by atoms with Gasteiger partial charge in [0.15, 0.2) is 0 Å². The van der Waals surface area contributed by atoms with Crippen LogP contribution in [0.1, 0.15) is 33.6 Å². The van der Waals surface area contributed by atoms with Gasteiger partial charge in [-0.25, -0.2) is 4.79 Å². The smallest absolute Gasteiger partial charge is 0.411 e. The third-order valence-corrected chi connectivity index (χ3v) is 2.39. The first-order chi connectivity index (χ1) is 7.39. The molecule has 0 saturated carbocycles. The molecule has 1 amide bonds. The van der Waals surface area contributed by atoms with E-state index in [4.69, 9.17) is 4.74 Å². The number of hydrogen-bond donors (Lipinski definition) is 0. The van der Waals surface area contributed by atoms with Gasteiger partial charge in [-0.15, -0.1) is 0 Å². The highest BCUT2D eigenvalue weighted by Crippen LogP contribution is 2.24. The summed E-state index contributed by atoms with van der Waals surface area (Å²) in [5, 5.41) is 0. The monoisotopic (exact) mass is 227 g/mol. The summed E-state index contributed by atoms with van der Waals surface area (Å²) in [7, 11) is 0. The Morgan fingerprint density at radius 1 is 1.19 bits per heavy atom. The second-order valence-corrected chi connectivity index (χ2v) is 4.87. The molecule has 0 bridgehead atoms. The molecule has 0 spiro atoms. The van der Waals surface area contributed by atoms with Gasteiger partial charge in [-0.3, -0.25) is 4.90 Å². The molecule has 1 heterocycles. The largest absolute Gasteiger partial charge is 0.444 e. The zero-order chi connectivity index (χ0) is 12.3. The average molecular weight is 227 g/mol. The fourth-order valence-corrected chi connectivity index (χ4v) is 1.72. The molecule has 0 unspecified atom stereocenters. The SMILES string of the molecule is CC(C)(C)OC(=O)N1[C@@H](C=O)CC[C@@H]1C=O. The van der Waals surface area contributed by atoms with Crippen LogP contribution in [-0.4, -0.2) is 41.3 Å². The lowest BCUT2D eigenvalue weighted by molar-refractivity contribution is -0.115. The van der Waals surface area contributed by atoms with Gasteiger partial charge >= 0.3 is 6.09 Å². The molecule has 1 aliphatic rings. The maximum atomic E-state index is 11.8. The molecule has 5 nitrogen and oxygen atoms in total. The maximum absolute atomic E-state index is 11.8. The molecule has 90 valence electrons. The first-order valence-corrected chi connectivity index (χ1v) is 5.31. The van der Waals surface area contributed by atoms with Crippen LogP contribution >= 0.6 is 0 Å². The fraction of sp³-hybridized carbons (Fsp3) is 0.727. The summed E-state index contributed by atoms with van der Waals surface area (Å²) in [5.41, 5.74) is -0.624. The van der Waals surface area contributed by atoms with Crippen molar-refractivity contribution in [1.82, 2.24) is 4.90 Å². The highest BCUT2D eigenvalue weighted by molar-refractivity contribution is 5.79. The normalized spacial score (nSPS) is 25.3. The summed E-state index contributed by atoms with van der Waals surface area (Å²) < 4.78 is 5.16. The Morgan fingerprint density at radius 3 is 1.94 bits per heavy atom. The maximum Gasteiger partial charge on any atom is 0.411 e. The Bertz CT molecular complexity index is 279. The van der Waals surface area contributed by atoms with Crippen LogP contribution in [0, 0.1) is 0 Å². The molecule has 1 aliphatic heterocycles. The Balaban J connectivity index is 2.77. The van der Waals surface area contributed by atoms with Crippen molar-refractivity contribution in [2.45, 2.75) is 51.3 Å². The number of aldehydes is 2. The summed E-state index contributed by atoms with van der Waals surface area (Å²) in [5.74, 6) is 0. The highest BCUT2D eigenvalue weighted by atomic mass is 16.6. The zero-order valence-corrected chi connectivity index (χ0v) is 9.80. The Morgan fingerprint density at radius 2 is 1.62 bits per heavy atom. The number of ether oxygens (including phenoxy) is 1. The topological polar surface area (TPSA) is 63.7 Å². The number of rotatable bonds is 2. The van der Waals surface area contributed by atoms with Gasteiger partial charge in [-0.2, -0.15) is 0 Å². The molecular weight excluding hydrogens is 210 g/mol. The standard InChI is InChI=1S/C11H17NO4/c1-11(2,3)16-10(15)12-8(6-13)4-5-9(12)7-14/h6-9H,4-5H2,1-3H3/t8-,9-/m1/s1. The van der Waals surface area contributed by atoms with Gasteiger partial charge in [0.25, 0.3) is 0 Å². The van der Waals surface area contributed by atoms with Crippen LogP contribution in [0.2, 0.25) is 0 Å². The molecular formula is C11H17NO4. The lowest BCUT2D eigenvalue weighted by Gasteiger charge is -2.28. The van der Waals surface area contributed by atoms with E-state index in [-0.39, 0.29) is 0 Å². The number of likely N-dealkylation sites (tertiary alicyclic amines) is 1. The van der Waals surface area contributed by atoms with Crippen molar-refractivity contribution in [3.8, 4) is 0 Å². The molecule has 5 heteroatoms. The number of amides is 1. The zero-order valence-electron chi connectivity index (χ0n) is 9.80. The summed E-state index contributed by atoms with van der Waals surface area (Å²) in [6.45, 7) is 5.23. The molecule has 1 rings (SSSR count). The highest BCUT2D eigenvalue weighted by Gasteiger charge is 2.38. The van der Waals surface area contributed by atoms with Gasteiger partial charge in [0, 0.05) is 0 Å². The first kappa shape index (κ1) is 12.7. The summed E-state index contributed by atoms with van der Waals surface area (Å²) in [6.07, 6.45) is 1.82. The van der Waals surface area contributed by atoms with E-state index in [9.17, 15) is 14.4 Å². The van der Waals surface area contributed by atoms with E-state index < -0.39 is 23.8 Å². The third-order valence-electron chi connectivity index (χ3n) is 2.39. The van der Waals surface area contributed by atoms with Crippen LogP contribution in [0.15, 0.2) is 0 Å². The summed E-state index contributed by atoms with van der Waals surface area (Å²) in [6, 6.07) is -1.07. The van der Waals surface area contributed by atoms with E-state index in [2.05, 4.69) is 0 Å². The lowest BCUT2D eigenvalue weighted by Crippen LogP contribution is -2.45. The van der Waals surface area contributed by atoms with E-state index in [1.165, 1.54) is 4.90 Å². The van der Waals surface area contributed by atoms with Crippen LogP contribution < -0.4 is 0 Å². The number of carbonyl (C=O) groups is 3. The van der Waals surface area contributed by atoms with E-state index in [1.54, 1.807) is 20.8 Å². The van der Waals surface area contributed by atoms with Gasteiger partial charge in [-0.1, -0.05) is 0 Å². The van der Waals surface area contributed by atoms with E-state index in [0.29, 0.717) is 25.4 Å². The minimum absolute atomic E-state index is 0.520. The second-order valence-electron chi connectivity index (χ2n) is 4.87. The predicted octanol–water partition coefficient (Wildman–Crippen LogP) is 1.15. The average Bonchev–Trinajstić information content (AvgIpc) is 2.57. The first-order valence-electron chi connectivity index (χ1n) is 5.31. The van der Waals surface area contributed by atoms with Crippen molar-refractivity contribution in [3.63, 3.8) is 0 Å². The molecule has 0 radical (unpaired) electrons. The summed E-state index contributed by atoms with van der Waals surface area (Å²) >= 11 is 0. The lowest BCUT2D eigenvalue weighted by atomic mass is 10.2. The van der Waals surface area contributed by atoms with Crippen LogP contribution in [-0.2, 0) is 14.3 Å². The van der Waals surface area contributed by atoms with Crippen molar-refractivity contribution in [1.29, 1.82) is 0 Å². The molecule has 0 aromatic carbocycles. The van der Waals surface area contributed by atoms with Crippen molar-refractivity contribution in [2.24, 2.45) is 0 Å². The number of nitrogens with zero attached hydrogens (tertiary/aromatic N) is 1. The van der Waals surface area contributed by atoms with Crippen LogP contribution in [0.25, 0.3) is 0 Å². The van der Waals surface area contributed by atoms with Gasteiger partial charge in [0.05, 0.1) is 12.1 Å². The molecule has 1 fully saturated rings. The Kier molecular flexibility index (Phi) is 3.67. The van der Waals surface area contributed by atoms with Crippen molar-refractivity contribution >= 4 is 18.7 Å². The predicted molar refractivity (Wildman–Crippen MR) is 57.0 cm³/mol. The van der Waals surface area contributed by atoms with Gasteiger partial charge in [0.2, 0.25) is 0 Å². The fourth-order valence-electron chi connectivity index (χ4n) is 1.72. The Labute approximate surface area is 94.7 Å². The van der Waals surface area contributed by atoms with Crippen LogP contribution in [0.4, 0.5) is 4.79 Å². The Hall–Kier alpha value is -1.39. The molecule has 0 aromatic rings. The minimum atomic E-state index is -0.624. The van der Waals surface area contributed by atoms with Crippen molar-refractivity contribution in [3.05, 3.63) is 0 Å². The van der Waals surface area contributed by atoms with E-state index in [0.717, 1.165) is 0 Å². The van der Waals surface area contributed by atoms with E-state index >= 15 is 0 Å². The molecule has 2 atom stereocenters. The van der Waals surface area contributed by atoms with Crippen LogP contribution in [0.5, 0.6) is 0 Å². The van der Waals surface area contributed by atoms with Gasteiger partial charge < -0.3 is 14.3 Å². The third kappa shape index (κ3) is 2.81. The van der Waals surface area contributed by atoms with E-state index in [1.807, 2.05) is 0 Å². The molecule has 0 aliphatic carbocycles. The molecule has 0 N–H and O–H groups in total. The molecule has 0 aromatic heterocycles. The number of hydrogen-bond acceptors (Lipinski definition) is 4.